The third-order valence-corrected chi connectivity index (χ3v) is 10.4. The number of para-hydroxylation sites is 4. The topological polar surface area (TPSA) is 119 Å². The molecule has 2 aliphatic heterocycles. The zero-order valence-electron chi connectivity index (χ0n) is 26.6. The molecule has 0 radical (unpaired) electrons. The number of anilines is 4. The van der Waals surface area contributed by atoms with E-state index in [4.69, 9.17) is 0 Å². The molecular formula is C36H35N5O6S. The standard InChI is InChI=1S/C36H35N5O6S/c1-37(2)48(46,47)25-34(43)32-24-38(35(44)40(27-14-5-3-6-15-27)28-16-7-4-8-17-28)21-22-39(32)36(45)41-30-19-11-9-13-26(30)23-33(42)29-18-10-12-20-31(29)41/h3-20,32H,21-25H2,1-2H3/t32-/m0/s1. The molecule has 246 valence electrons. The number of fused-ring (bicyclic) bond motifs is 2. The Bertz CT molecular complexity index is 1930. The van der Waals surface area contributed by atoms with E-state index in [-0.39, 0.29) is 31.8 Å². The monoisotopic (exact) mass is 665 g/mol. The van der Waals surface area contributed by atoms with Crippen molar-refractivity contribution in [2.45, 2.75) is 12.5 Å². The number of piperazine rings is 1. The lowest BCUT2D eigenvalue weighted by molar-refractivity contribution is -0.122. The summed E-state index contributed by atoms with van der Waals surface area (Å²) in [5, 5.41) is 0. The number of urea groups is 2. The number of amides is 4. The number of hydrogen-bond donors (Lipinski definition) is 0. The van der Waals surface area contributed by atoms with Gasteiger partial charge in [0.05, 0.1) is 29.3 Å². The van der Waals surface area contributed by atoms with Gasteiger partial charge in [-0.1, -0.05) is 66.7 Å². The molecule has 11 nitrogen and oxygen atoms in total. The molecule has 1 fully saturated rings. The molecule has 12 heteroatoms. The summed E-state index contributed by atoms with van der Waals surface area (Å²) in [7, 11) is -1.33. The van der Waals surface area contributed by atoms with Crippen LogP contribution >= 0.6 is 0 Å². The Morgan fingerprint density at radius 3 is 1.94 bits per heavy atom. The van der Waals surface area contributed by atoms with E-state index in [2.05, 4.69) is 0 Å². The van der Waals surface area contributed by atoms with Crippen LogP contribution in [0.25, 0.3) is 0 Å². The van der Waals surface area contributed by atoms with Crippen LogP contribution in [0.3, 0.4) is 0 Å². The highest BCUT2D eigenvalue weighted by atomic mass is 32.2. The maximum absolute atomic E-state index is 14.7. The summed E-state index contributed by atoms with van der Waals surface area (Å²) in [5.74, 6) is -1.74. The first-order valence-electron chi connectivity index (χ1n) is 15.5. The Balaban J connectivity index is 1.40. The Morgan fingerprint density at radius 1 is 0.750 bits per heavy atom. The molecule has 6 rings (SSSR count). The molecule has 0 aliphatic carbocycles. The zero-order valence-corrected chi connectivity index (χ0v) is 27.4. The predicted octanol–water partition coefficient (Wildman–Crippen LogP) is 5.09. The maximum atomic E-state index is 14.7. The summed E-state index contributed by atoms with van der Waals surface area (Å²) < 4.78 is 26.8. The number of carbonyl (C=O) groups excluding carboxylic acids is 4. The summed E-state index contributed by atoms with van der Waals surface area (Å²) in [6.07, 6.45) is 0.0808. The van der Waals surface area contributed by atoms with Gasteiger partial charge in [-0.2, -0.15) is 0 Å². The van der Waals surface area contributed by atoms with E-state index in [1.54, 1.807) is 72.8 Å². The first-order chi connectivity index (χ1) is 23.1. The Morgan fingerprint density at radius 2 is 1.31 bits per heavy atom. The van der Waals surface area contributed by atoms with Crippen molar-refractivity contribution in [3.63, 3.8) is 0 Å². The molecule has 2 heterocycles. The predicted molar refractivity (Wildman–Crippen MR) is 183 cm³/mol. The number of Topliss-reactive ketones (excluding diaryl/α,β-unsaturated/α-hetero) is 2. The fourth-order valence-corrected chi connectivity index (χ4v) is 6.86. The summed E-state index contributed by atoms with van der Waals surface area (Å²) >= 11 is 0. The Kier molecular flexibility index (Phi) is 9.11. The average Bonchev–Trinajstić information content (AvgIpc) is 3.22. The minimum Gasteiger partial charge on any atom is -0.320 e. The molecular weight excluding hydrogens is 630 g/mol. The first kappa shape index (κ1) is 32.6. The van der Waals surface area contributed by atoms with Gasteiger partial charge >= 0.3 is 12.1 Å². The minimum atomic E-state index is -4.00. The summed E-state index contributed by atoms with van der Waals surface area (Å²) in [6, 6.07) is 29.7. The van der Waals surface area contributed by atoms with Crippen LogP contribution in [0.15, 0.2) is 109 Å². The maximum Gasteiger partial charge on any atom is 0.329 e. The van der Waals surface area contributed by atoms with Gasteiger partial charge in [-0.05, 0) is 48.0 Å². The van der Waals surface area contributed by atoms with Gasteiger partial charge in [0.2, 0.25) is 10.0 Å². The molecule has 0 aromatic heterocycles. The fourth-order valence-electron chi connectivity index (χ4n) is 6.05. The van der Waals surface area contributed by atoms with Crippen LogP contribution in [0.2, 0.25) is 0 Å². The van der Waals surface area contributed by atoms with E-state index in [0.29, 0.717) is 33.9 Å². The SMILES string of the molecule is CN(C)S(=O)(=O)CC(=O)[C@@H]1CN(C(=O)N(c2ccccc2)c2ccccc2)CCN1C(=O)N1c2ccccc2CC(=O)c2ccccc21. The third-order valence-electron chi connectivity index (χ3n) is 8.59. The fraction of sp³-hybridized carbons (Fsp3) is 0.222. The zero-order chi connectivity index (χ0) is 34.0. The van der Waals surface area contributed by atoms with Crippen molar-refractivity contribution in [2.75, 3.05) is 49.3 Å². The van der Waals surface area contributed by atoms with Crippen LogP contribution in [-0.4, -0.2) is 91.7 Å². The normalized spacial score (nSPS) is 16.2. The second kappa shape index (κ2) is 13.4. The molecule has 1 saturated heterocycles. The van der Waals surface area contributed by atoms with Gasteiger partial charge in [0.15, 0.2) is 11.6 Å². The van der Waals surface area contributed by atoms with Crippen molar-refractivity contribution in [1.29, 1.82) is 0 Å². The van der Waals surface area contributed by atoms with Crippen molar-refractivity contribution in [1.82, 2.24) is 14.1 Å². The van der Waals surface area contributed by atoms with Gasteiger partial charge < -0.3 is 9.80 Å². The molecule has 4 amide bonds. The lowest BCUT2D eigenvalue weighted by Crippen LogP contribution is -2.63. The molecule has 0 spiro atoms. The van der Waals surface area contributed by atoms with Crippen LogP contribution in [0.1, 0.15) is 15.9 Å². The number of ketones is 2. The molecule has 0 saturated carbocycles. The van der Waals surface area contributed by atoms with E-state index < -0.39 is 39.7 Å². The van der Waals surface area contributed by atoms with Gasteiger partial charge in [0.1, 0.15) is 11.8 Å². The second-order valence-electron chi connectivity index (χ2n) is 11.8. The highest BCUT2D eigenvalue weighted by molar-refractivity contribution is 7.89. The summed E-state index contributed by atoms with van der Waals surface area (Å²) in [4.78, 5) is 62.1. The van der Waals surface area contributed by atoms with Gasteiger partial charge in [0.25, 0.3) is 0 Å². The lowest BCUT2D eigenvalue weighted by Gasteiger charge is -2.43. The molecule has 4 aromatic carbocycles. The summed E-state index contributed by atoms with van der Waals surface area (Å²) in [6.45, 7) is -0.227. The smallest absolute Gasteiger partial charge is 0.320 e. The van der Waals surface area contributed by atoms with Crippen molar-refractivity contribution in [3.8, 4) is 0 Å². The van der Waals surface area contributed by atoms with Gasteiger partial charge in [0, 0.05) is 39.2 Å². The number of benzene rings is 4. The van der Waals surface area contributed by atoms with Crippen molar-refractivity contribution in [2.24, 2.45) is 0 Å². The number of carbonyl (C=O) groups is 4. The molecule has 48 heavy (non-hydrogen) atoms. The largest absolute Gasteiger partial charge is 0.329 e. The van der Waals surface area contributed by atoms with E-state index >= 15 is 0 Å². The van der Waals surface area contributed by atoms with Crippen molar-refractivity contribution < 1.29 is 27.6 Å². The van der Waals surface area contributed by atoms with Crippen LogP contribution in [0.4, 0.5) is 32.3 Å². The van der Waals surface area contributed by atoms with Crippen LogP contribution < -0.4 is 9.80 Å². The third kappa shape index (κ3) is 6.32. The van der Waals surface area contributed by atoms with Gasteiger partial charge in [-0.25, -0.2) is 22.3 Å². The lowest BCUT2D eigenvalue weighted by atomic mass is 10.0. The molecule has 0 N–H and O–H groups in total. The number of sulfonamides is 1. The molecule has 2 aliphatic rings. The van der Waals surface area contributed by atoms with E-state index in [1.165, 1.54) is 33.7 Å². The summed E-state index contributed by atoms with van der Waals surface area (Å²) in [5.41, 5.74) is 3.06. The van der Waals surface area contributed by atoms with E-state index in [9.17, 15) is 27.6 Å². The number of rotatable bonds is 6. The molecule has 0 unspecified atom stereocenters. The second-order valence-corrected chi connectivity index (χ2v) is 14.0. The molecule has 4 aromatic rings. The van der Waals surface area contributed by atoms with Gasteiger partial charge in [-0.3, -0.25) is 19.4 Å². The highest BCUT2D eigenvalue weighted by Crippen LogP contribution is 2.37. The van der Waals surface area contributed by atoms with Crippen molar-refractivity contribution in [3.05, 3.63) is 120 Å². The van der Waals surface area contributed by atoms with E-state index in [1.807, 2.05) is 36.4 Å². The van der Waals surface area contributed by atoms with Crippen LogP contribution in [0, 0.1) is 0 Å². The molecule has 1 atom stereocenters. The number of hydrogen-bond acceptors (Lipinski definition) is 6. The van der Waals surface area contributed by atoms with Crippen LogP contribution in [0.5, 0.6) is 0 Å². The van der Waals surface area contributed by atoms with E-state index in [0.717, 1.165) is 4.31 Å². The minimum absolute atomic E-state index is 0.0603. The van der Waals surface area contributed by atoms with Crippen LogP contribution in [-0.2, 0) is 21.2 Å². The number of nitrogens with zero attached hydrogens (tertiary/aromatic N) is 5. The molecule has 0 bridgehead atoms. The highest BCUT2D eigenvalue weighted by Gasteiger charge is 2.43. The Labute approximate surface area is 279 Å². The average molecular weight is 666 g/mol. The Hall–Kier alpha value is -5.33. The first-order valence-corrected chi connectivity index (χ1v) is 17.1. The van der Waals surface area contributed by atoms with Crippen molar-refractivity contribution >= 4 is 56.4 Å². The quantitative estimate of drug-likeness (QED) is 0.283. The van der Waals surface area contributed by atoms with Gasteiger partial charge in [-0.15, -0.1) is 0 Å².